The van der Waals surface area contributed by atoms with E-state index < -0.39 is 0 Å². The molecule has 5 heteroatoms. The fourth-order valence-electron chi connectivity index (χ4n) is 1.04. The van der Waals surface area contributed by atoms with Crippen LogP contribution in [0.2, 0.25) is 0 Å². The maximum atomic E-state index is 5.33. The fraction of sp³-hybridized carbons (Fsp3) is 0.250. The van der Waals surface area contributed by atoms with E-state index in [1.54, 1.807) is 6.92 Å². The molecule has 0 saturated heterocycles. The second kappa shape index (κ2) is 2.99. The molecule has 2 aromatic rings. The molecule has 0 atom stereocenters. The summed E-state index contributed by atoms with van der Waals surface area (Å²) < 4.78 is 11.0. The van der Waals surface area contributed by atoms with Crippen LogP contribution in [0.25, 0.3) is 11.7 Å². The summed E-state index contributed by atoms with van der Waals surface area (Å²) in [4.78, 5) is 4.06. The van der Waals surface area contributed by atoms with Gasteiger partial charge in [0.1, 0.15) is 0 Å². The van der Waals surface area contributed by atoms with E-state index in [9.17, 15) is 0 Å². The van der Waals surface area contributed by atoms with Gasteiger partial charge < -0.3 is 8.94 Å². The molecule has 0 aromatic carbocycles. The van der Waals surface area contributed by atoms with Crippen LogP contribution in [0.1, 0.15) is 11.4 Å². The smallest absolute Gasteiger partial charge is 0.293 e. The van der Waals surface area contributed by atoms with Gasteiger partial charge in [-0.15, -0.1) is 0 Å². The van der Waals surface area contributed by atoms with Gasteiger partial charge in [0.25, 0.3) is 5.89 Å². The highest BCUT2D eigenvalue weighted by molar-refractivity contribution is 9.10. The zero-order chi connectivity index (χ0) is 9.42. The standard InChI is InChI=1S/C8H7BrN2O2/c1-4-3-6(9)12-7(4)8-10-5(2)11-13-8/h3H,1-2H3. The van der Waals surface area contributed by atoms with E-state index >= 15 is 0 Å². The molecular weight excluding hydrogens is 236 g/mol. The second-order valence-electron chi connectivity index (χ2n) is 2.71. The minimum atomic E-state index is 0.417. The zero-order valence-corrected chi connectivity index (χ0v) is 8.75. The zero-order valence-electron chi connectivity index (χ0n) is 7.17. The number of halogens is 1. The molecule has 2 rings (SSSR count). The summed E-state index contributed by atoms with van der Waals surface area (Å²) in [6.45, 7) is 3.68. The molecule has 0 fully saturated rings. The van der Waals surface area contributed by atoms with Crippen LogP contribution in [0.15, 0.2) is 19.7 Å². The third kappa shape index (κ3) is 1.51. The van der Waals surface area contributed by atoms with Crippen LogP contribution in [0.4, 0.5) is 0 Å². The van der Waals surface area contributed by atoms with Crippen molar-refractivity contribution in [3.8, 4) is 11.7 Å². The number of furan rings is 1. The van der Waals surface area contributed by atoms with Gasteiger partial charge in [-0.1, -0.05) is 5.16 Å². The normalized spacial score (nSPS) is 10.7. The average molecular weight is 243 g/mol. The minimum absolute atomic E-state index is 0.417. The average Bonchev–Trinajstić information content (AvgIpc) is 2.58. The first-order valence-electron chi connectivity index (χ1n) is 3.73. The van der Waals surface area contributed by atoms with Gasteiger partial charge in [-0.3, -0.25) is 0 Å². The van der Waals surface area contributed by atoms with Crippen LogP contribution >= 0.6 is 15.9 Å². The van der Waals surface area contributed by atoms with Gasteiger partial charge >= 0.3 is 0 Å². The quantitative estimate of drug-likeness (QED) is 0.772. The van der Waals surface area contributed by atoms with Gasteiger partial charge in [-0.05, 0) is 35.8 Å². The van der Waals surface area contributed by atoms with Crippen LogP contribution in [0.5, 0.6) is 0 Å². The van der Waals surface area contributed by atoms with Crippen molar-refractivity contribution in [2.24, 2.45) is 0 Å². The molecule has 2 aromatic heterocycles. The lowest BCUT2D eigenvalue weighted by molar-refractivity contribution is 0.409. The Hall–Kier alpha value is -1.10. The summed E-state index contributed by atoms with van der Waals surface area (Å²) >= 11 is 3.23. The topological polar surface area (TPSA) is 52.1 Å². The fourth-order valence-corrected chi connectivity index (χ4v) is 1.55. The van der Waals surface area contributed by atoms with Crippen LogP contribution in [0.3, 0.4) is 0 Å². The lowest BCUT2D eigenvalue weighted by Gasteiger charge is -1.87. The lowest BCUT2D eigenvalue weighted by Crippen LogP contribution is -1.76. The molecule has 0 aliphatic carbocycles. The van der Waals surface area contributed by atoms with Crippen molar-refractivity contribution in [1.29, 1.82) is 0 Å². The molecule has 2 heterocycles. The largest absolute Gasteiger partial charge is 0.444 e. The summed E-state index contributed by atoms with van der Waals surface area (Å²) in [5.41, 5.74) is 0.968. The van der Waals surface area contributed by atoms with E-state index in [0.717, 1.165) is 5.56 Å². The number of hydrogen-bond acceptors (Lipinski definition) is 4. The Morgan fingerprint density at radius 3 is 2.62 bits per heavy atom. The number of hydrogen-bond donors (Lipinski definition) is 0. The highest BCUT2D eigenvalue weighted by atomic mass is 79.9. The SMILES string of the molecule is Cc1noc(-c2oc(Br)cc2C)n1. The minimum Gasteiger partial charge on any atom is -0.444 e. The van der Waals surface area contributed by atoms with Crippen LogP contribution in [0, 0.1) is 13.8 Å². The van der Waals surface area contributed by atoms with Gasteiger partial charge in [0.2, 0.25) is 0 Å². The molecule has 0 amide bonds. The van der Waals surface area contributed by atoms with Crippen LogP contribution in [-0.4, -0.2) is 10.1 Å². The second-order valence-corrected chi connectivity index (χ2v) is 3.49. The maximum absolute atomic E-state index is 5.33. The Bertz CT molecular complexity index is 433. The summed E-state index contributed by atoms with van der Waals surface area (Å²) in [5, 5.41) is 3.68. The first-order valence-corrected chi connectivity index (χ1v) is 4.53. The van der Waals surface area contributed by atoms with E-state index in [1.165, 1.54) is 0 Å². The van der Waals surface area contributed by atoms with Crippen LogP contribution in [-0.2, 0) is 0 Å². The van der Waals surface area contributed by atoms with Crippen molar-refractivity contribution >= 4 is 15.9 Å². The first-order chi connectivity index (χ1) is 6.16. The third-order valence-corrected chi connectivity index (χ3v) is 2.00. The van der Waals surface area contributed by atoms with Gasteiger partial charge in [0, 0.05) is 5.56 Å². The van der Waals surface area contributed by atoms with Crippen molar-refractivity contribution in [3.63, 3.8) is 0 Å². The Morgan fingerprint density at radius 2 is 2.15 bits per heavy atom. The molecule has 13 heavy (non-hydrogen) atoms. The summed E-state index contributed by atoms with van der Waals surface area (Å²) in [5.74, 6) is 1.63. The third-order valence-electron chi connectivity index (χ3n) is 1.61. The molecule has 4 nitrogen and oxygen atoms in total. The van der Waals surface area contributed by atoms with Gasteiger partial charge in [0.15, 0.2) is 16.3 Å². The molecule has 0 aliphatic heterocycles. The first kappa shape index (κ1) is 8.50. The number of nitrogens with zero attached hydrogens (tertiary/aromatic N) is 2. The lowest BCUT2D eigenvalue weighted by atomic mass is 10.3. The molecule has 0 saturated carbocycles. The van der Waals surface area contributed by atoms with Gasteiger partial charge in [0.05, 0.1) is 0 Å². The predicted octanol–water partition coefficient (Wildman–Crippen LogP) is 2.71. The van der Waals surface area contributed by atoms with Crippen molar-refractivity contribution in [2.75, 3.05) is 0 Å². The predicted molar refractivity (Wildman–Crippen MR) is 49.2 cm³/mol. The highest BCUT2D eigenvalue weighted by Gasteiger charge is 2.14. The summed E-state index contributed by atoms with van der Waals surface area (Å²) in [7, 11) is 0. The van der Waals surface area contributed by atoms with E-state index in [4.69, 9.17) is 8.94 Å². The molecule has 68 valence electrons. The van der Waals surface area contributed by atoms with Crippen LogP contribution < -0.4 is 0 Å². The molecule has 0 aliphatic rings. The monoisotopic (exact) mass is 242 g/mol. The van der Waals surface area contributed by atoms with E-state index in [0.29, 0.717) is 22.1 Å². The highest BCUT2D eigenvalue weighted by Crippen LogP contribution is 2.27. The number of aryl methyl sites for hydroxylation is 2. The Balaban J connectivity index is 2.51. The van der Waals surface area contributed by atoms with Gasteiger partial charge in [-0.25, -0.2) is 0 Å². The Labute approximate surface area is 83.1 Å². The summed E-state index contributed by atoms with van der Waals surface area (Å²) in [6, 6.07) is 1.86. The van der Waals surface area contributed by atoms with Crippen molar-refractivity contribution in [2.45, 2.75) is 13.8 Å². The molecule has 0 bridgehead atoms. The molecule has 0 spiro atoms. The maximum Gasteiger partial charge on any atom is 0.293 e. The van der Waals surface area contributed by atoms with E-state index in [1.807, 2.05) is 13.0 Å². The van der Waals surface area contributed by atoms with Crippen molar-refractivity contribution in [3.05, 3.63) is 22.1 Å². The summed E-state index contributed by atoms with van der Waals surface area (Å²) in [6.07, 6.45) is 0. The molecule has 0 radical (unpaired) electrons. The van der Waals surface area contributed by atoms with Gasteiger partial charge in [-0.2, -0.15) is 4.98 Å². The Kier molecular flexibility index (Phi) is 1.95. The molecule has 0 N–H and O–H groups in total. The van der Waals surface area contributed by atoms with Crippen molar-refractivity contribution < 1.29 is 8.94 Å². The molecule has 0 unspecified atom stereocenters. The van der Waals surface area contributed by atoms with E-state index in [2.05, 4.69) is 26.1 Å². The van der Waals surface area contributed by atoms with Crippen molar-refractivity contribution in [1.82, 2.24) is 10.1 Å². The number of aromatic nitrogens is 2. The number of rotatable bonds is 1. The van der Waals surface area contributed by atoms with E-state index in [-0.39, 0.29) is 0 Å². The molecular formula is C8H7BrN2O2. The Morgan fingerprint density at radius 1 is 1.38 bits per heavy atom.